The van der Waals surface area contributed by atoms with Crippen molar-refractivity contribution in [2.45, 2.75) is 43.0 Å². The van der Waals surface area contributed by atoms with Crippen LogP contribution in [0.5, 0.6) is 5.75 Å². The molecule has 2 heterocycles. The molecule has 0 saturated carbocycles. The Bertz CT molecular complexity index is 1120. The third-order valence-electron chi connectivity index (χ3n) is 6.60. The molecule has 2 saturated heterocycles. The van der Waals surface area contributed by atoms with Gasteiger partial charge >= 0.3 is 0 Å². The molecule has 0 aliphatic carbocycles. The monoisotopic (exact) mass is 478 g/mol. The number of amides is 1. The Labute approximate surface area is 193 Å². The smallest absolute Gasteiger partial charge is 0.243 e. The van der Waals surface area contributed by atoms with Crippen molar-refractivity contribution in [3.05, 3.63) is 59.7 Å². The Morgan fingerprint density at radius 3 is 2.48 bits per heavy atom. The zero-order valence-electron chi connectivity index (χ0n) is 18.5. The summed E-state index contributed by atoms with van der Waals surface area (Å²) in [5, 5.41) is 0. The number of halogens is 2. The zero-order chi connectivity index (χ0) is 23.6. The highest BCUT2D eigenvalue weighted by Gasteiger charge is 2.37. The van der Waals surface area contributed by atoms with Gasteiger partial charge in [-0.1, -0.05) is 12.1 Å². The average Bonchev–Trinajstić information content (AvgIpc) is 3.28. The van der Waals surface area contributed by atoms with Crippen LogP contribution in [0, 0.1) is 17.6 Å². The molecule has 6 nitrogen and oxygen atoms in total. The van der Waals surface area contributed by atoms with E-state index < -0.39 is 21.7 Å². The highest BCUT2D eigenvalue weighted by Crippen LogP contribution is 2.30. The Hall–Kier alpha value is -2.52. The number of carbonyl (C=O) groups excluding carboxylic acids is 1. The van der Waals surface area contributed by atoms with Gasteiger partial charge in [-0.2, -0.15) is 4.31 Å². The minimum absolute atomic E-state index is 0.0743. The minimum atomic E-state index is -3.94. The lowest BCUT2D eigenvalue weighted by atomic mass is 9.95. The van der Waals surface area contributed by atoms with E-state index in [1.165, 1.54) is 4.31 Å². The van der Waals surface area contributed by atoms with E-state index in [9.17, 15) is 22.0 Å². The van der Waals surface area contributed by atoms with Crippen molar-refractivity contribution in [1.82, 2.24) is 9.21 Å². The third kappa shape index (κ3) is 5.04. The van der Waals surface area contributed by atoms with Gasteiger partial charge in [0.25, 0.3) is 0 Å². The van der Waals surface area contributed by atoms with E-state index in [1.54, 1.807) is 7.11 Å². The standard InChI is InChI=1S/C24H28F2N2O4S/c1-32-20-6-2-4-17(15-20)14-19-5-3-11-28(19)24(29)18-9-12-27(13-10-18)33(30,31)21-7-8-22(25)23(26)16-21/h2,4,6-8,15-16,18-19H,3,5,9-14H2,1H3. The summed E-state index contributed by atoms with van der Waals surface area (Å²) in [4.78, 5) is 14.9. The summed E-state index contributed by atoms with van der Waals surface area (Å²) in [5.41, 5.74) is 1.12. The Balaban J connectivity index is 1.38. The second-order valence-corrected chi connectivity index (χ2v) is 10.6. The number of ether oxygens (including phenoxy) is 1. The first-order valence-corrected chi connectivity index (χ1v) is 12.6. The number of sulfonamides is 1. The van der Waals surface area contributed by atoms with Gasteiger partial charge in [-0.15, -0.1) is 0 Å². The van der Waals surface area contributed by atoms with Crippen molar-refractivity contribution >= 4 is 15.9 Å². The Morgan fingerprint density at radius 1 is 1.03 bits per heavy atom. The molecule has 2 fully saturated rings. The van der Waals surface area contributed by atoms with Crippen LogP contribution in [0.3, 0.4) is 0 Å². The number of piperidine rings is 1. The first kappa shape index (κ1) is 23.6. The lowest BCUT2D eigenvalue weighted by Gasteiger charge is -2.34. The summed E-state index contributed by atoms with van der Waals surface area (Å²) < 4.78 is 58.9. The molecule has 1 unspecified atom stereocenters. The van der Waals surface area contributed by atoms with Crippen molar-refractivity contribution in [2.24, 2.45) is 5.92 Å². The quantitative estimate of drug-likeness (QED) is 0.636. The van der Waals surface area contributed by atoms with Crippen LogP contribution < -0.4 is 4.74 Å². The summed E-state index contributed by atoms with van der Waals surface area (Å²) in [6.07, 6.45) is 3.45. The number of likely N-dealkylation sites (tertiary alicyclic amines) is 1. The van der Waals surface area contributed by atoms with Gasteiger partial charge in [0.1, 0.15) is 5.75 Å². The zero-order valence-corrected chi connectivity index (χ0v) is 19.4. The molecule has 0 aromatic heterocycles. The molecule has 0 bridgehead atoms. The molecule has 33 heavy (non-hydrogen) atoms. The minimum Gasteiger partial charge on any atom is -0.497 e. The molecular weight excluding hydrogens is 450 g/mol. The maximum Gasteiger partial charge on any atom is 0.243 e. The molecule has 1 atom stereocenters. The summed E-state index contributed by atoms with van der Waals surface area (Å²) >= 11 is 0. The molecule has 9 heteroatoms. The van der Waals surface area contributed by atoms with E-state index in [0.29, 0.717) is 25.5 Å². The maximum absolute atomic E-state index is 13.5. The van der Waals surface area contributed by atoms with E-state index in [4.69, 9.17) is 4.74 Å². The number of carbonyl (C=O) groups is 1. The fourth-order valence-electron chi connectivity index (χ4n) is 4.77. The van der Waals surface area contributed by atoms with Crippen molar-refractivity contribution in [3.8, 4) is 5.75 Å². The van der Waals surface area contributed by atoms with Crippen LogP contribution in [0.4, 0.5) is 8.78 Å². The van der Waals surface area contributed by atoms with E-state index >= 15 is 0 Å². The molecule has 2 aromatic rings. The van der Waals surface area contributed by atoms with Gasteiger partial charge in [0.15, 0.2) is 11.6 Å². The number of rotatable bonds is 6. The van der Waals surface area contributed by atoms with Gasteiger partial charge in [-0.3, -0.25) is 4.79 Å². The topological polar surface area (TPSA) is 66.9 Å². The molecule has 0 spiro atoms. The predicted octanol–water partition coefficient (Wildman–Crippen LogP) is 3.61. The summed E-state index contributed by atoms with van der Waals surface area (Å²) in [6, 6.07) is 10.6. The number of methoxy groups -OCH3 is 1. The van der Waals surface area contributed by atoms with Gasteiger partial charge in [-0.25, -0.2) is 17.2 Å². The Kier molecular flexibility index (Phi) is 6.99. The van der Waals surface area contributed by atoms with Crippen LogP contribution in [0.15, 0.2) is 47.4 Å². The second kappa shape index (κ2) is 9.77. The average molecular weight is 479 g/mol. The fourth-order valence-corrected chi connectivity index (χ4v) is 6.26. The van der Waals surface area contributed by atoms with E-state index in [1.807, 2.05) is 29.2 Å². The maximum atomic E-state index is 13.5. The van der Waals surface area contributed by atoms with Gasteiger partial charge < -0.3 is 9.64 Å². The number of benzene rings is 2. The molecule has 0 N–H and O–H groups in total. The molecule has 0 radical (unpaired) electrons. The SMILES string of the molecule is COc1cccc(CC2CCCN2C(=O)C2CCN(S(=O)(=O)c3ccc(F)c(F)c3)CC2)c1. The second-order valence-electron chi connectivity index (χ2n) is 8.64. The van der Waals surface area contributed by atoms with Crippen molar-refractivity contribution in [3.63, 3.8) is 0 Å². The van der Waals surface area contributed by atoms with Crippen LogP contribution in [0.1, 0.15) is 31.2 Å². The summed E-state index contributed by atoms with van der Waals surface area (Å²) in [6.45, 7) is 1.05. The normalized spacial score (nSPS) is 20.2. The van der Waals surface area contributed by atoms with Crippen molar-refractivity contribution in [2.75, 3.05) is 26.7 Å². The van der Waals surface area contributed by atoms with Crippen LogP contribution in [-0.4, -0.2) is 56.3 Å². The van der Waals surface area contributed by atoms with Crippen LogP contribution >= 0.6 is 0 Å². The first-order chi connectivity index (χ1) is 15.8. The molecule has 2 aliphatic rings. The number of hydrogen-bond donors (Lipinski definition) is 0. The van der Waals surface area contributed by atoms with E-state index in [-0.39, 0.29) is 35.9 Å². The van der Waals surface area contributed by atoms with Gasteiger partial charge in [0.05, 0.1) is 12.0 Å². The summed E-state index contributed by atoms with van der Waals surface area (Å²) in [5.74, 6) is -1.67. The largest absolute Gasteiger partial charge is 0.497 e. The van der Waals surface area contributed by atoms with Gasteiger partial charge in [-0.05, 0) is 68.0 Å². The van der Waals surface area contributed by atoms with Crippen LogP contribution in [0.2, 0.25) is 0 Å². The van der Waals surface area contributed by atoms with Gasteiger partial charge in [0.2, 0.25) is 15.9 Å². The summed E-state index contributed by atoms with van der Waals surface area (Å²) in [7, 11) is -2.31. The predicted molar refractivity (Wildman–Crippen MR) is 119 cm³/mol. The van der Waals surface area contributed by atoms with Crippen LogP contribution in [0.25, 0.3) is 0 Å². The molecule has 2 aliphatic heterocycles. The Morgan fingerprint density at radius 2 is 1.79 bits per heavy atom. The van der Waals surface area contributed by atoms with Crippen LogP contribution in [-0.2, 0) is 21.2 Å². The van der Waals surface area contributed by atoms with Crippen molar-refractivity contribution < 1.29 is 26.7 Å². The molecule has 2 aromatic carbocycles. The highest BCUT2D eigenvalue weighted by molar-refractivity contribution is 7.89. The number of nitrogens with zero attached hydrogens (tertiary/aromatic N) is 2. The van der Waals surface area contributed by atoms with E-state index in [0.717, 1.165) is 42.7 Å². The number of hydrogen-bond acceptors (Lipinski definition) is 4. The molecule has 4 rings (SSSR count). The third-order valence-corrected chi connectivity index (χ3v) is 8.49. The molecular formula is C24H28F2N2O4S. The molecule has 178 valence electrons. The fraction of sp³-hybridized carbons (Fsp3) is 0.458. The molecule has 1 amide bonds. The van der Waals surface area contributed by atoms with E-state index in [2.05, 4.69) is 0 Å². The lowest BCUT2D eigenvalue weighted by Crippen LogP contribution is -2.46. The van der Waals surface area contributed by atoms with Gasteiger partial charge in [0, 0.05) is 31.6 Å². The van der Waals surface area contributed by atoms with Crippen molar-refractivity contribution in [1.29, 1.82) is 0 Å². The highest BCUT2D eigenvalue weighted by atomic mass is 32.2. The first-order valence-electron chi connectivity index (χ1n) is 11.2. The lowest BCUT2D eigenvalue weighted by molar-refractivity contribution is -0.137.